The van der Waals surface area contributed by atoms with Crippen LogP contribution >= 0.6 is 0 Å². The van der Waals surface area contributed by atoms with E-state index < -0.39 is 0 Å². The van der Waals surface area contributed by atoms with Crippen molar-refractivity contribution in [1.29, 1.82) is 0 Å². The van der Waals surface area contributed by atoms with E-state index in [9.17, 15) is 9.90 Å². The average molecular weight is 371 g/mol. The van der Waals surface area contributed by atoms with Crippen molar-refractivity contribution in [3.63, 3.8) is 0 Å². The van der Waals surface area contributed by atoms with Gasteiger partial charge in [0.05, 0.1) is 6.10 Å². The lowest BCUT2D eigenvalue weighted by molar-refractivity contribution is -0.188. The van der Waals surface area contributed by atoms with Crippen LogP contribution in [0.5, 0.6) is 0 Å². The number of hydrogen-bond acceptors (Lipinski definition) is 3. The Hall–Kier alpha value is -0.570. The topological polar surface area (TPSA) is 46.5 Å². The normalized spacial score (nSPS) is 67.7. The second kappa shape index (κ2) is 4.60. The second-order valence-electron chi connectivity index (χ2n) is 12.1. The summed E-state index contributed by atoms with van der Waals surface area (Å²) in [5.41, 5.74) is 0.586. The first kappa shape index (κ1) is 16.3. The molecule has 6 saturated carbocycles. The van der Waals surface area contributed by atoms with Crippen molar-refractivity contribution in [2.45, 2.75) is 83.3 Å². The largest absolute Gasteiger partial charge is 0.458 e. The third-order valence-corrected chi connectivity index (χ3v) is 11.6. The van der Waals surface area contributed by atoms with Gasteiger partial charge in [-0.1, -0.05) is 13.8 Å². The summed E-state index contributed by atoms with van der Waals surface area (Å²) in [7, 11) is 0. The van der Waals surface area contributed by atoms with E-state index in [1.807, 2.05) is 0 Å². The molecule has 3 heteroatoms. The van der Waals surface area contributed by atoms with Gasteiger partial charge in [0.2, 0.25) is 0 Å². The molecule has 0 aromatic rings. The molecule has 1 saturated heterocycles. The van der Waals surface area contributed by atoms with Gasteiger partial charge in [-0.3, -0.25) is 4.79 Å². The summed E-state index contributed by atoms with van der Waals surface area (Å²) in [6.45, 7) is 5.12. The molecule has 0 aromatic heterocycles. The highest BCUT2D eigenvalue weighted by molar-refractivity contribution is 5.73. The Morgan fingerprint density at radius 3 is 2.56 bits per heavy atom. The first-order valence-corrected chi connectivity index (χ1v) is 11.8. The van der Waals surface area contributed by atoms with Gasteiger partial charge in [0.25, 0.3) is 0 Å². The number of esters is 1. The Morgan fingerprint density at radius 1 is 0.926 bits per heavy atom. The first-order chi connectivity index (χ1) is 12.9. The maximum Gasteiger partial charge on any atom is 0.306 e. The summed E-state index contributed by atoms with van der Waals surface area (Å²) in [5, 5.41) is 10.4. The molecule has 7 fully saturated rings. The molecule has 7 aliphatic rings. The molecule has 6 unspecified atom stereocenters. The molecule has 0 radical (unpaired) electrons. The number of hydrogen-bond donors (Lipinski definition) is 1. The van der Waals surface area contributed by atoms with Crippen molar-refractivity contribution in [1.82, 2.24) is 0 Å². The number of ether oxygens (including phenoxy) is 1. The highest BCUT2D eigenvalue weighted by atomic mass is 16.6. The van der Waals surface area contributed by atoms with E-state index >= 15 is 0 Å². The van der Waals surface area contributed by atoms with Gasteiger partial charge in [0.15, 0.2) is 0 Å². The summed E-state index contributed by atoms with van der Waals surface area (Å²) >= 11 is 0. The number of rotatable bonds is 0. The van der Waals surface area contributed by atoms with Gasteiger partial charge >= 0.3 is 5.97 Å². The van der Waals surface area contributed by atoms with E-state index in [4.69, 9.17) is 4.74 Å². The minimum Gasteiger partial charge on any atom is -0.458 e. The van der Waals surface area contributed by atoms with Crippen molar-refractivity contribution >= 4 is 5.97 Å². The standard InChI is InChI=1S/C24H34O3/c1-22-6-3-12(25)9-17(22)13-10-14(13)20-16(22)4-7-23(2)21(20)15-11-18(15)24(23)8-5-19(26)27-24/h12-18,20-21,25H,3-11H2,1-2H3/t12?,13-,14+,15-,16?,17?,18+,20?,21?,22-,23+,24?/m1/s1. The zero-order valence-corrected chi connectivity index (χ0v) is 16.8. The molecule has 0 bridgehead atoms. The van der Waals surface area contributed by atoms with E-state index in [2.05, 4.69) is 13.8 Å². The number of carbonyl (C=O) groups is 1. The summed E-state index contributed by atoms with van der Waals surface area (Å²) in [6.07, 6.45) is 10.3. The van der Waals surface area contributed by atoms with Gasteiger partial charge in [0.1, 0.15) is 5.60 Å². The second-order valence-corrected chi connectivity index (χ2v) is 12.1. The molecule has 27 heavy (non-hydrogen) atoms. The maximum absolute atomic E-state index is 12.2. The molecule has 148 valence electrons. The van der Waals surface area contributed by atoms with Crippen LogP contribution in [-0.4, -0.2) is 22.8 Å². The van der Waals surface area contributed by atoms with Gasteiger partial charge in [-0.25, -0.2) is 0 Å². The van der Waals surface area contributed by atoms with E-state index in [-0.39, 0.29) is 23.1 Å². The third kappa shape index (κ3) is 1.67. The van der Waals surface area contributed by atoms with Crippen molar-refractivity contribution in [2.24, 2.45) is 58.2 Å². The lowest BCUT2D eigenvalue weighted by atomic mass is 9.43. The van der Waals surface area contributed by atoms with E-state index in [0.29, 0.717) is 17.8 Å². The fourth-order valence-corrected chi connectivity index (χ4v) is 10.5. The van der Waals surface area contributed by atoms with Crippen molar-refractivity contribution in [2.75, 3.05) is 0 Å². The van der Waals surface area contributed by atoms with E-state index in [1.165, 1.54) is 32.1 Å². The van der Waals surface area contributed by atoms with Crippen LogP contribution in [0, 0.1) is 58.2 Å². The van der Waals surface area contributed by atoms with Crippen molar-refractivity contribution < 1.29 is 14.6 Å². The molecular formula is C24H34O3. The molecule has 3 nitrogen and oxygen atoms in total. The van der Waals surface area contributed by atoms with Crippen LogP contribution in [0.1, 0.15) is 71.6 Å². The van der Waals surface area contributed by atoms with Crippen LogP contribution in [0.3, 0.4) is 0 Å². The highest BCUT2D eigenvalue weighted by Gasteiger charge is 2.81. The van der Waals surface area contributed by atoms with Gasteiger partial charge in [-0.05, 0) is 98.2 Å². The van der Waals surface area contributed by atoms with Gasteiger partial charge in [-0.2, -0.15) is 0 Å². The maximum atomic E-state index is 12.2. The van der Waals surface area contributed by atoms with Gasteiger partial charge in [0, 0.05) is 17.8 Å². The molecule has 6 aliphatic carbocycles. The minimum absolute atomic E-state index is 0.0461. The molecule has 7 rings (SSSR count). The summed E-state index contributed by atoms with van der Waals surface area (Å²) in [6, 6.07) is 0. The number of fused-ring (bicyclic) bond motifs is 12. The van der Waals surface area contributed by atoms with Crippen LogP contribution in [0.2, 0.25) is 0 Å². The van der Waals surface area contributed by atoms with Crippen molar-refractivity contribution in [3.8, 4) is 0 Å². The van der Waals surface area contributed by atoms with E-state index in [1.54, 1.807) is 0 Å². The first-order valence-electron chi connectivity index (χ1n) is 11.8. The molecular weight excluding hydrogens is 336 g/mol. The monoisotopic (exact) mass is 370 g/mol. The molecule has 1 N–H and O–H groups in total. The lowest BCUT2D eigenvalue weighted by Gasteiger charge is -2.62. The van der Waals surface area contributed by atoms with Crippen LogP contribution < -0.4 is 0 Å². The smallest absolute Gasteiger partial charge is 0.306 e. The molecule has 0 amide bonds. The predicted octanol–water partition coefficient (Wildman–Crippen LogP) is 4.18. The number of carbonyl (C=O) groups excluding carboxylic acids is 1. The summed E-state index contributed by atoms with van der Waals surface area (Å²) in [5.74, 6) is 6.68. The zero-order chi connectivity index (χ0) is 18.3. The fourth-order valence-electron chi connectivity index (χ4n) is 10.5. The average Bonchev–Trinajstić information content (AvgIpc) is 3.53. The molecule has 1 spiro atoms. The fraction of sp³-hybridized carbons (Fsp3) is 0.958. The lowest BCUT2D eigenvalue weighted by Crippen LogP contribution is -2.59. The van der Waals surface area contributed by atoms with Crippen LogP contribution in [-0.2, 0) is 9.53 Å². The summed E-state index contributed by atoms with van der Waals surface area (Å²) in [4.78, 5) is 12.2. The quantitative estimate of drug-likeness (QED) is 0.651. The van der Waals surface area contributed by atoms with E-state index in [0.717, 1.165) is 60.7 Å². The molecule has 0 aromatic carbocycles. The Kier molecular flexibility index (Phi) is 2.77. The molecule has 1 heterocycles. The Labute approximate surface area is 162 Å². The summed E-state index contributed by atoms with van der Waals surface area (Å²) < 4.78 is 6.24. The predicted molar refractivity (Wildman–Crippen MR) is 101 cm³/mol. The third-order valence-electron chi connectivity index (χ3n) is 11.6. The molecule has 12 atom stereocenters. The Bertz CT molecular complexity index is 733. The SMILES string of the molecule is C[C@]12CCC(O)CC1[C@@H]1C[C@@H]1C1C2CC[C@@]2(C)C1[C@@H]1C[C@@H]1C21CCC(=O)O1. The van der Waals surface area contributed by atoms with Crippen LogP contribution in [0.4, 0.5) is 0 Å². The number of aliphatic hydroxyl groups excluding tert-OH is 1. The van der Waals surface area contributed by atoms with Crippen molar-refractivity contribution in [3.05, 3.63) is 0 Å². The van der Waals surface area contributed by atoms with Crippen LogP contribution in [0.15, 0.2) is 0 Å². The number of aliphatic hydroxyl groups is 1. The Morgan fingerprint density at radius 2 is 1.78 bits per heavy atom. The highest BCUT2D eigenvalue weighted by Crippen LogP contribution is 2.82. The van der Waals surface area contributed by atoms with Gasteiger partial charge in [-0.15, -0.1) is 0 Å². The zero-order valence-electron chi connectivity index (χ0n) is 16.8. The van der Waals surface area contributed by atoms with Crippen LogP contribution in [0.25, 0.3) is 0 Å². The molecule has 1 aliphatic heterocycles. The minimum atomic E-state index is -0.102. The Balaban J connectivity index is 1.30. The van der Waals surface area contributed by atoms with Gasteiger partial charge < -0.3 is 9.84 Å².